The van der Waals surface area contributed by atoms with Crippen LogP contribution in [0.2, 0.25) is 0 Å². The number of rotatable bonds is 5. The number of hydrogen-bond donors (Lipinski definition) is 0. The lowest BCUT2D eigenvalue weighted by Crippen LogP contribution is -2.23. The van der Waals surface area contributed by atoms with Crippen molar-refractivity contribution in [3.05, 3.63) is 94.6 Å². The van der Waals surface area contributed by atoms with Crippen LogP contribution in [0.15, 0.2) is 101 Å². The molecule has 0 radical (unpaired) electrons. The second-order valence-corrected chi connectivity index (χ2v) is 13.6. The maximum atomic E-state index is 13.2. The fourth-order valence-electron chi connectivity index (χ4n) is 2.20. The molecular weight excluding hydrogens is 483 g/mol. The van der Waals surface area contributed by atoms with Crippen LogP contribution in [0.3, 0.4) is 0 Å². The average Bonchev–Trinajstić information content (AvgIpc) is 2.68. The molecular formula is C19H15IO4S2. The van der Waals surface area contributed by atoms with E-state index in [1.807, 2.05) is 6.07 Å². The summed E-state index contributed by atoms with van der Waals surface area (Å²) in [7, 11) is -8.26. The van der Waals surface area contributed by atoms with Crippen LogP contribution in [0, 0.1) is 3.57 Å². The van der Waals surface area contributed by atoms with Gasteiger partial charge < -0.3 is 0 Å². The first-order valence-corrected chi connectivity index (χ1v) is 12.7. The highest BCUT2D eigenvalue weighted by Gasteiger charge is 2.34. The first-order valence-electron chi connectivity index (χ1n) is 7.59. The molecule has 0 aromatic heterocycles. The summed E-state index contributed by atoms with van der Waals surface area (Å²) in [5.74, 6) is 0. The van der Waals surface area contributed by atoms with Crippen molar-refractivity contribution >= 4 is 42.6 Å². The molecule has 0 aliphatic rings. The van der Waals surface area contributed by atoms with Gasteiger partial charge in [0.2, 0.25) is 21.8 Å². The van der Waals surface area contributed by atoms with E-state index in [2.05, 4.69) is 0 Å². The van der Waals surface area contributed by atoms with Gasteiger partial charge in [-0.05, 0) is 36.4 Å². The van der Waals surface area contributed by atoms with Crippen LogP contribution >= 0.6 is 20.7 Å². The summed E-state index contributed by atoms with van der Waals surface area (Å²) in [5, 5.41) is 0. The topological polar surface area (TPSA) is 68.3 Å². The lowest BCUT2D eigenvalue weighted by Gasteiger charge is -2.10. The molecule has 3 rings (SSSR count). The average molecular weight is 498 g/mol. The normalized spacial score (nSPS) is 11.8. The maximum absolute atomic E-state index is 13.2. The molecule has 0 aliphatic carbocycles. The van der Waals surface area contributed by atoms with Crippen LogP contribution in [-0.4, -0.2) is 19.0 Å². The summed E-state index contributed by atoms with van der Waals surface area (Å²) in [5.41, 5.74) is 0. The Kier molecular flexibility index (Phi) is 5.69. The molecule has 0 saturated heterocycles. The Labute approximate surface area is 163 Å². The van der Waals surface area contributed by atoms with E-state index in [1.54, 1.807) is 60.7 Å². The van der Waals surface area contributed by atoms with E-state index in [0.29, 0.717) is 0 Å². The molecule has 0 unspecified atom stereocenters. The first kappa shape index (κ1) is 18.9. The molecule has 0 amide bonds. The highest BCUT2D eigenvalue weighted by Crippen LogP contribution is 2.28. The van der Waals surface area contributed by atoms with Gasteiger partial charge in [-0.25, -0.2) is 16.8 Å². The van der Waals surface area contributed by atoms with Gasteiger partial charge in [0.25, 0.3) is 0 Å². The fraction of sp³-hybridized carbons (Fsp3) is 0. The Balaban J connectivity index is 2.27. The summed E-state index contributed by atoms with van der Waals surface area (Å²) in [6.07, 6.45) is 0. The Hall–Kier alpha value is -1.84. The predicted molar refractivity (Wildman–Crippen MR) is 111 cm³/mol. The zero-order valence-electron chi connectivity index (χ0n) is 13.5. The van der Waals surface area contributed by atoms with Gasteiger partial charge in [-0.3, -0.25) is 0 Å². The molecule has 7 heteroatoms. The number of halogens is 1. The van der Waals surface area contributed by atoms with Gasteiger partial charge in [0.1, 0.15) is 0 Å². The molecule has 0 saturated carbocycles. The monoisotopic (exact) mass is 498 g/mol. The second kappa shape index (κ2) is 7.81. The van der Waals surface area contributed by atoms with E-state index >= 15 is 0 Å². The molecule has 134 valence electrons. The molecule has 0 atom stereocenters. The van der Waals surface area contributed by atoms with Gasteiger partial charge in [-0.2, -0.15) is 0 Å². The van der Waals surface area contributed by atoms with Crippen molar-refractivity contribution in [3.63, 3.8) is 0 Å². The van der Waals surface area contributed by atoms with Crippen molar-refractivity contribution in [2.75, 3.05) is 0 Å². The van der Waals surface area contributed by atoms with Gasteiger partial charge >= 0.3 is 0 Å². The molecule has 4 nitrogen and oxygen atoms in total. The van der Waals surface area contributed by atoms with Crippen LogP contribution in [-0.2, 0) is 19.7 Å². The van der Waals surface area contributed by atoms with E-state index in [0.717, 1.165) is 3.57 Å². The van der Waals surface area contributed by atoms with Crippen molar-refractivity contribution in [3.8, 4) is 0 Å². The number of hydrogen-bond acceptors (Lipinski definition) is 4. The maximum Gasteiger partial charge on any atom is 0.223 e. The highest BCUT2D eigenvalue weighted by molar-refractivity contribution is 14.2. The van der Waals surface area contributed by atoms with E-state index in [9.17, 15) is 16.8 Å². The minimum absolute atomic E-state index is 0.00913. The van der Waals surface area contributed by atoms with Crippen LogP contribution in [0.4, 0.5) is 0 Å². The van der Waals surface area contributed by atoms with Crippen molar-refractivity contribution in [2.45, 2.75) is 9.79 Å². The smallest absolute Gasteiger partial charge is 0.217 e. The lowest BCUT2D eigenvalue weighted by molar-refractivity contribution is 0.603. The Morgan fingerprint density at radius 2 is 0.885 bits per heavy atom. The van der Waals surface area contributed by atoms with Crippen molar-refractivity contribution in [1.29, 1.82) is 0 Å². The van der Waals surface area contributed by atoms with E-state index in [-0.39, 0.29) is 9.79 Å². The van der Waals surface area contributed by atoms with Crippen LogP contribution in [0.1, 0.15) is 0 Å². The molecule has 3 aromatic rings. The number of benzene rings is 3. The summed E-state index contributed by atoms with van der Waals surface area (Å²) in [4.78, 5) is -0.0183. The van der Waals surface area contributed by atoms with Gasteiger partial charge in [0.15, 0.2) is 0 Å². The fourth-order valence-corrected chi connectivity index (χ4v) is 11.3. The quantitative estimate of drug-likeness (QED) is 0.502. The van der Waals surface area contributed by atoms with Crippen LogP contribution < -0.4 is 0 Å². The summed E-state index contributed by atoms with van der Waals surface area (Å²) in [6, 6.07) is 24.3. The minimum Gasteiger partial charge on any atom is -0.217 e. The van der Waals surface area contributed by atoms with Gasteiger partial charge in [-0.15, -0.1) is 0 Å². The summed E-state index contributed by atoms with van der Waals surface area (Å²) < 4.78 is 53.0. The zero-order valence-corrected chi connectivity index (χ0v) is 17.3. The van der Waals surface area contributed by atoms with Crippen molar-refractivity contribution < 1.29 is 16.8 Å². The largest absolute Gasteiger partial charge is 0.223 e. The standard InChI is InChI=1S/C19H15IO4S2/c21-25(22,17-12-6-2-7-13-17)19(20-16-10-4-1-5-11-16)26(23,24)18-14-8-3-9-15-18/h1-15H. The molecule has 0 fully saturated rings. The molecule has 0 aliphatic heterocycles. The Morgan fingerprint density at radius 1 is 0.538 bits per heavy atom. The SMILES string of the molecule is O=S(=O)(C(=Ic1ccccc1)S(=O)(=O)c1ccccc1)c1ccccc1. The van der Waals surface area contributed by atoms with Crippen LogP contribution in [0.25, 0.3) is 0 Å². The summed E-state index contributed by atoms with van der Waals surface area (Å²) >= 11 is -1.43. The third-order valence-electron chi connectivity index (χ3n) is 3.45. The molecule has 0 bridgehead atoms. The predicted octanol–water partition coefficient (Wildman–Crippen LogP) is 3.86. The van der Waals surface area contributed by atoms with E-state index < -0.39 is 42.6 Å². The van der Waals surface area contributed by atoms with Crippen molar-refractivity contribution in [1.82, 2.24) is 0 Å². The number of sulfone groups is 2. The van der Waals surface area contributed by atoms with Crippen molar-refractivity contribution in [2.24, 2.45) is 0 Å². The lowest BCUT2D eigenvalue weighted by atomic mass is 10.4. The van der Waals surface area contributed by atoms with Gasteiger partial charge in [0.05, 0.1) is 9.79 Å². The zero-order chi connectivity index (χ0) is 18.6. The third-order valence-corrected chi connectivity index (χ3v) is 13.7. The molecule has 0 spiro atoms. The molecule has 26 heavy (non-hydrogen) atoms. The second-order valence-electron chi connectivity index (χ2n) is 5.26. The Bertz CT molecular complexity index is 1050. The van der Waals surface area contributed by atoms with Gasteiger partial charge in [-0.1, -0.05) is 75.3 Å². The van der Waals surface area contributed by atoms with E-state index in [4.69, 9.17) is 0 Å². The van der Waals surface area contributed by atoms with Gasteiger partial charge in [0, 0.05) is 3.57 Å². The molecule has 0 heterocycles. The summed E-state index contributed by atoms with van der Waals surface area (Å²) in [6.45, 7) is 0. The van der Waals surface area contributed by atoms with Crippen LogP contribution in [0.5, 0.6) is 0 Å². The minimum atomic E-state index is -4.13. The van der Waals surface area contributed by atoms with E-state index in [1.165, 1.54) is 24.3 Å². The Morgan fingerprint density at radius 3 is 1.27 bits per heavy atom. The molecule has 3 aromatic carbocycles. The first-order chi connectivity index (χ1) is 12.4. The third kappa shape index (κ3) is 3.94. The highest BCUT2D eigenvalue weighted by atomic mass is 127. The molecule has 0 N–H and O–H groups in total.